The van der Waals surface area contributed by atoms with E-state index in [0.29, 0.717) is 34.7 Å². The number of ether oxygens (including phenoxy) is 2. The Morgan fingerprint density at radius 2 is 1.90 bits per heavy atom. The topological polar surface area (TPSA) is 18.5 Å². The highest BCUT2D eigenvalue weighted by Gasteiger charge is 2.68. The Hall–Kier alpha value is -0.600. The lowest BCUT2D eigenvalue weighted by Gasteiger charge is -2.57. The van der Waals surface area contributed by atoms with Crippen molar-refractivity contribution in [1.29, 1.82) is 0 Å². The quantitative estimate of drug-likeness (QED) is 0.464. The van der Waals surface area contributed by atoms with Crippen molar-refractivity contribution in [3.63, 3.8) is 0 Å². The number of allylic oxidation sites excluding steroid dienone is 4. The first-order valence-corrected chi connectivity index (χ1v) is 12.6. The first kappa shape index (κ1) is 19.1. The molecule has 0 amide bonds. The fraction of sp³-hybridized carbons (Fsp3) is 0.852. The normalized spacial score (nSPS) is 58.3. The maximum atomic E-state index is 6.89. The molecule has 0 N–H and O–H groups in total. The van der Waals surface area contributed by atoms with Crippen molar-refractivity contribution in [2.24, 2.45) is 46.3 Å². The Morgan fingerprint density at radius 1 is 1.03 bits per heavy atom. The van der Waals surface area contributed by atoms with Crippen LogP contribution in [0.15, 0.2) is 23.8 Å². The van der Waals surface area contributed by atoms with E-state index >= 15 is 0 Å². The first-order valence-electron chi connectivity index (χ1n) is 12.6. The van der Waals surface area contributed by atoms with Gasteiger partial charge >= 0.3 is 0 Å². The molecule has 1 spiro atoms. The van der Waals surface area contributed by atoms with Crippen molar-refractivity contribution in [3.8, 4) is 0 Å². The van der Waals surface area contributed by atoms with Crippen molar-refractivity contribution in [2.75, 3.05) is 6.61 Å². The Balaban J connectivity index is 1.30. The van der Waals surface area contributed by atoms with Crippen LogP contribution in [-0.2, 0) is 9.47 Å². The van der Waals surface area contributed by atoms with E-state index in [1.54, 1.807) is 5.57 Å². The summed E-state index contributed by atoms with van der Waals surface area (Å²) < 4.78 is 13.4. The molecule has 4 aliphatic carbocycles. The van der Waals surface area contributed by atoms with Gasteiger partial charge in [0.15, 0.2) is 5.79 Å². The molecular weight excluding hydrogens is 356 g/mol. The van der Waals surface area contributed by atoms with Crippen LogP contribution in [0.3, 0.4) is 0 Å². The van der Waals surface area contributed by atoms with Gasteiger partial charge in [0.2, 0.25) is 0 Å². The third kappa shape index (κ3) is 2.42. The van der Waals surface area contributed by atoms with Gasteiger partial charge in [-0.15, -0.1) is 0 Å². The summed E-state index contributed by atoms with van der Waals surface area (Å²) in [6.07, 6.45) is 18.3. The van der Waals surface area contributed by atoms with Gasteiger partial charge in [-0.05, 0) is 90.9 Å². The molecule has 1 unspecified atom stereocenters. The van der Waals surface area contributed by atoms with E-state index in [1.807, 2.05) is 0 Å². The van der Waals surface area contributed by atoms with Crippen molar-refractivity contribution in [2.45, 2.75) is 91.0 Å². The van der Waals surface area contributed by atoms with Gasteiger partial charge in [-0.1, -0.05) is 45.9 Å². The second kappa shape index (κ2) is 6.22. The molecule has 0 aromatic rings. The molecule has 10 atom stereocenters. The van der Waals surface area contributed by atoms with Crippen molar-refractivity contribution in [3.05, 3.63) is 23.8 Å². The molecule has 2 heteroatoms. The standard InChI is InChI=1S/C27H40O2/c1-17-10-14-27(28-16-17)18(2)24-23(29-27)15-22-20-9-8-19-7-5-6-12-25(19,3)21(20)11-13-26(22,24)4/h5,7-8,17-18,20-24H,6,9-16H2,1-4H3/t17-,18+,20-,21?,22+,23+,24+,25+,26+,27-/m1/s1. The third-order valence-electron chi connectivity index (χ3n) is 10.9. The van der Waals surface area contributed by atoms with Crippen LogP contribution in [0.4, 0.5) is 0 Å². The second-order valence-electron chi connectivity index (χ2n) is 12.1. The van der Waals surface area contributed by atoms with Crippen LogP contribution >= 0.6 is 0 Å². The van der Waals surface area contributed by atoms with Crippen molar-refractivity contribution in [1.82, 2.24) is 0 Å². The van der Waals surface area contributed by atoms with Gasteiger partial charge < -0.3 is 9.47 Å². The van der Waals surface area contributed by atoms with Gasteiger partial charge in [-0.25, -0.2) is 0 Å². The third-order valence-corrected chi connectivity index (χ3v) is 10.9. The molecule has 160 valence electrons. The Labute approximate surface area is 177 Å². The minimum atomic E-state index is -0.271. The van der Waals surface area contributed by atoms with Gasteiger partial charge in [0.05, 0.1) is 12.7 Å². The fourth-order valence-electron chi connectivity index (χ4n) is 9.32. The summed E-state index contributed by atoms with van der Waals surface area (Å²) in [6.45, 7) is 10.9. The van der Waals surface area contributed by atoms with Gasteiger partial charge in [0.1, 0.15) is 0 Å². The van der Waals surface area contributed by atoms with Crippen LogP contribution < -0.4 is 0 Å². The maximum Gasteiger partial charge on any atom is 0.171 e. The average Bonchev–Trinajstić information content (AvgIpc) is 3.15. The van der Waals surface area contributed by atoms with Gasteiger partial charge in [0.25, 0.3) is 0 Å². The molecule has 0 bridgehead atoms. The molecule has 2 heterocycles. The van der Waals surface area contributed by atoms with Gasteiger partial charge in [0, 0.05) is 12.3 Å². The molecule has 2 aliphatic heterocycles. The zero-order valence-electron chi connectivity index (χ0n) is 19.0. The zero-order chi connectivity index (χ0) is 20.0. The van der Waals surface area contributed by atoms with Crippen LogP contribution in [0.2, 0.25) is 0 Å². The predicted molar refractivity (Wildman–Crippen MR) is 116 cm³/mol. The monoisotopic (exact) mass is 396 g/mol. The lowest BCUT2D eigenvalue weighted by Crippen LogP contribution is -2.51. The molecular formula is C27H40O2. The van der Waals surface area contributed by atoms with Crippen LogP contribution in [-0.4, -0.2) is 18.5 Å². The zero-order valence-corrected chi connectivity index (χ0v) is 19.0. The van der Waals surface area contributed by atoms with E-state index in [1.165, 1.54) is 44.9 Å². The number of rotatable bonds is 0. The first-order chi connectivity index (χ1) is 13.9. The van der Waals surface area contributed by atoms with Crippen LogP contribution in [0.5, 0.6) is 0 Å². The average molecular weight is 397 g/mol. The largest absolute Gasteiger partial charge is 0.349 e. The van der Waals surface area contributed by atoms with Gasteiger partial charge in [-0.2, -0.15) is 0 Å². The van der Waals surface area contributed by atoms with E-state index in [4.69, 9.17) is 9.47 Å². The number of hydrogen-bond acceptors (Lipinski definition) is 2. The second-order valence-corrected chi connectivity index (χ2v) is 12.1. The Morgan fingerprint density at radius 3 is 2.69 bits per heavy atom. The Kier molecular flexibility index (Phi) is 4.10. The van der Waals surface area contributed by atoms with E-state index in [2.05, 4.69) is 45.9 Å². The Bertz CT molecular complexity index is 744. The lowest BCUT2D eigenvalue weighted by molar-refractivity contribution is -0.272. The molecule has 6 rings (SSSR count). The summed E-state index contributed by atoms with van der Waals surface area (Å²) in [6, 6.07) is 0. The summed E-state index contributed by atoms with van der Waals surface area (Å²) in [5.41, 5.74) is 2.51. The summed E-state index contributed by atoms with van der Waals surface area (Å²) in [4.78, 5) is 0. The summed E-state index contributed by atoms with van der Waals surface area (Å²) in [5, 5.41) is 0. The molecule has 2 saturated heterocycles. The smallest absolute Gasteiger partial charge is 0.171 e. The summed E-state index contributed by atoms with van der Waals surface area (Å²) in [5.74, 6) is 4.20. The molecule has 0 aromatic heterocycles. The van der Waals surface area contributed by atoms with Crippen molar-refractivity contribution < 1.29 is 9.47 Å². The molecule has 2 nitrogen and oxygen atoms in total. The molecule has 29 heavy (non-hydrogen) atoms. The van der Waals surface area contributed by atoms with E-state index in [9.17, 15) is 0 Å². The fourth-order valence-corrected chi connectivity index (χ4v) is 9.32. The van der Waals surface area contributed by atoms with Crippen LogP contribution in [0, 0.1) is 46.3 Å². The summed E-state index contributed by atoms with van der Waals surface area (Å²) >= 11 is 0. The van der Waals surface area contributed by atoms with E-state index in [0.717, 1.165) is 30.8 Å². The minimum Gasteiger partial charge on any atom is -0.349 e. The maximum absolute atomic E-state index is 6.89. The van der Waals surface area contributed by atoms with Crippen molar-refractivity contribution >= 4 is 0 Å². The van der Waals surface area contributed by atoms with Crippen LogP contribution in [0.1, 0.15) is 79.1 Å². The minimum absolute atomic E-state index is 0.271. The number of fused-ring (bicyclic) bond motifs is 7. The van der Waals surface area contributed by atoms with Gasteiger partial charge in [-0.3, -0.25) is 0 Å². The highest BCUT2D eigenvalue weighted by Crippen LogP contribution is 2.70. The highest BCUT2D eigenvalue weighted by atomic mass is 16.7. The molecule has 6 aliphatic rings. The molecule has 0 aromatic carbocycles. The van der Waals surface area contributed by atoms with E-state index < -0.39 is 0 Å². The number of hydrogen-bond donors (Lipinski definition) is 0. The van der Waals surface area contributed by atoms with E-state index in [-0.39, 0.29) is 5.79 Å². The predicted octanol–water partition coefficient (Wildman–Crippen LogP) is 6.52. The summed E-state index contributed by atoms with van der Waals surface area (Å²) in [7, 11) is 0. The molecule has 4 fully saturated rings. The highest BCUT2D eigenvalue weighted by molar-refractivity contribution is 5.34. The van der Waals surface area contributed by atoms with Crippen LogP contribution in [0.25, 0.3) is 0 Å². The molecule has 2 saturated carbocycles. The molecule has 0 radical (unpaired) electrons. The lowest BCUT2D eigenvalue weighted by atomic mass is 9.47. The SMILES string of the molecule is C[C@@H]1CC[C@@]2(OC1)O[C@H]1C[C@H]3[C@@H]4CC=C5C=CCC[C@]5(C)C4CC[C@]3(C)[C@H]1[C@@H]2C.